The zero-order chi connectivity index (χ0) is 18.4. The van der Waals surface area contributed by atoms with Crippen LogP contribution in [0.25, 0.3) is 0 Å². The van der Waals surface area contributed by atoms with Crippen LogP contribution in [0.15, 0.2) is 12.1 Å². The topological polar surface area (TPSA) is 38.5 Å². The van der Waals surface area contributed by atoms with Crippen molar-refractivity contribution in [3.63, 3.8) is 0 Å². The van der Waals surface area contributed by atoms with E-state index in [-0.39, 0.29) is 17.0 Å². The van der Waals surface area contributed by atoms with E-state index in [9.17, 15) is 0 Å². The van der Waals surface area contributed by atoms with Gasteiger partial charge in [0.2, 0.25) is 0 Å². The molecule has 3 rings (SSSR count). The Morgan fingerprint density at radius 1 is 1.00 bits per heavy atom. The normalized spacial score (nSPS) is 27.6. The van der Waals surface area contributed by atoms with Crippen LogP contribution in [0.1, 0.15) is 83.7 Å². The number of benzene rings is 1. The lowest BCUT2D eigenvalue weighted by Crippen LogP contribution is -2.36. The standard InChI is InChI=1S/C22H36N2O/c1-21(2,3)16-12-17-19(18(13-16)22(4,5)6)25-14-15-8-7-10-24(11-9-15)20(17)23/h12-13,15,20H,7-11,14,23H2,1-6H3. The second-order valence-corrected chi connectivity index (χ2v) is 10.0. The van der Waals surface area contributed by atoms with E-state index in [4.69, 9.17) is 10.5 Å². The molecular weight excluding hydrogens is 308 g/mol. The summed E-state index contributed by atoms with van der Waals surface area (Å²) in [7, 11) is 0. The molecule has 140 valence electrons. The van der Waals surface area contributed by atoms with Crippen molar-refractivity contribution in [2.24, 2.45) is 11.7 Å². The van der Waals surface area contributed by atoms with E-state index < -0.39 is 0 Å². The third-order valence-electron chi connectivity index (χ3n) is 5.85. The molecule has 0 aliphatic carbocycles. The highest BCUT2D eigenvalue weighted by Gasteiger charge is 2.32. The summed E-state index contributed by atoms with van der Waals surface area (Å²) in [6.45, 7) is 16.7. The summed E-state index contributed by atoms with van der Waals surface area (Å²) in [6, 6.07) is 4.67. The van der Waals surface area contributed by atoms with Gasteiger partial charge in [0.1, 0.15) is 5.75 Å². The summed E-state index contributed by atoms with van der Waals surface area (Å²) in [5.41, 5.74) is 10.8. The van der Waals surface area contributed by atoms with E-state index >= 15 is 0 Å². The van der Waals surface area contributed by atoms with Gasteiger partial charge in [-0.15, -0.1) is 0 Å². The zero-order valence-electron chi connectivity index (χ0n) is 17.0. The maximum atomic E-state index is 6.80. The molecule has 2 aliphatic rings. The van der Waals surface area contributed by atoms with Gasteiger partial charge in [0, 0.05) is 17.7 Å². The Balaban J connectivity index is 2.20. The van der Waals surface area contributed by atoms with Crippen LogP contribution in [0.2, 0.25) is 0 Å². The van der Waals surface area contributed by atoms with Crippen molar-refractivity contribution >= 4 is 0 Å². The lowest BCUT2D eigenvalue weighted by Gasteiger charge is -2.34. The second kappa shape index (κ2) is 6.59. The molecule has 0 aromatic heterocycles. The first-order valence-electron chi connectivity index (χ1n) is 9.88. The molecule has 2 aliphatic heterocycles. The van der Waals surface area contributed by atoms with Gasteiger partial charge in [-0.1, -0.05) is 47.6 Å². The highest BCUT2D eigenvalue weighted by Crippen LogP contribution is 2.42. The maximum Gasteiger partial charge on any atom is 0.129 e. The van der Waals surface area contributed by atoms with Gasteiger partial charge < -0.3 is 10.5 Å². The third kappa shape index (κ3) is 3.88. The van der Waals surface area contributed by atoms with Gasteiger partial charge in [-0.25, -0.2) is 0 Å². The molecule has 0 amide bonds. The zero-order valence-corrected chi connectivity index (χ0v) is 17.0. The average Bonchev–Trinajstić information content (AvgIpc) is 2.72. The Morgan fingerprint density at radius 3 is 2.36 bits per heavy atom. The van der Waals surface area contributed by atoms with Crippen LogP contribution < -0.4 is 10.5 Å². The smallest absolute Gasteiger partial charge is 0.129 e. The fraction of sp³-hybridized carbons (Fsp3) is 0.727. The molecule has 1 aromatic carbocycles. The van der Waals surface area contributed by atoms with Crippen LogP contribution in [0.5, 0.6) is 5.75 Å². The number of hydrogen-bond donors (Lipinski definition) is 1. The second-order valence-electron chi connectivity index (χ2n) is 10.0. The van der Waals surface area contributed by atoms with Crippen LogP contribution >= 0.6 is 0 Å². The van der Waals surface area contributed by atoms with E-state index in [1.54, 1.807) is 0 Å². The van der Waals surface area contributed by atoms with Gasteiger partial charge in [-0.2, -0.15) is 0 Å². The first kappa shape index (κ1) is 18.7. The molecule has 0 radical (unpaired) electrons. The Kier molecular flexibility index (Phi) is 4.93. The number of ether oxygens (including phenoxy) is 1. The summed E-state index contributed by atoms with van der Waals surface area (Å²) in [5.74, 6) is 1.70. The molecular formula is C22H36N2O. The van der Waals surface area contributed by atoms with Crippen molar-refractivity contribution in [1.82, 2.24) is 4.90 Å². The Labute approximate surface area is 153 Å². The van der Waals surface area contributed by atoms with Crippen molar-refractivity contribution in [2.45, 2.75) is 77.8 Å². The van der Waals surface area contributed by atoms with Crippen molar-refractivity contribution < 1.29 is 4.74 Å². The van der Waals surface area contributed by atoms with Crippen molar-refractivity contribution in [3.8, 4) is 5.75 Å². The summed E-state index contributed by atoms with van der Waals surface area (Å²) in [5, 5.41) is 0. The monoisotopic (exact) mass is 344 g/mol. The van der Waals surface area contributed by atoms with Crippen LogP contribution in [-0.4, -0.2) is 24.6 Å². The lowest BCUT2D eigenvalue weighted by molar-refractivity contribution is 0.207. The van der Waals surface area contributed by atoms with Crippen molar-refractivity contribution in [3.05, 3.63) is 28.8 Å². The fourth-order valence-electron chi connectivity index (χ4n) is 4.05. The minimum Gasteiger partial charge on any atom is -0.493 e. The summed E-state index contributed by atoms with van der Waals surface area (Å²) in [6.07, 6.45) is 3.60. The highest BCUT2D eigenvalue weighted by molar-refractivity contribution is 5.51. The predicted molar refractivity (Wildman–Crippen MR) is 105 cm³/mol. The van der Waals surface area contributed by atoms with Gasteiger partial charge in [0.05, 0.1) is 12.8 Å². The summed E-state index contributed by atoms with van der Waals surface area (Å²) >= 11 is 0. The van der Waals surface area contributed by atoms with Crippen LogP contribution in [-0.2, 0) is 10.8 Å². The van der Waals surface area contributed by atoms with Crippen LogP contribution in [0.4, 0.5) is 0 Å². The Bertz CT molecular complexity index is 624. The lowest BCUT2D eigenvalue weighted by atomic mass is 9.78. The quantitative estimate of drug-likeness (QED) is 0.739. The number of hydrogen-bond acceptors (Lipinski definition) is 3. The largest absolute Gasteiger partial charge is 0.493 e. The fourth-order valence-corrected chi connectivity index (χ4v) is 4.05. The number of rotatable bonds is 0. The Morgan fingerprint density at radius 2 is 1.72 bits per heavy atom. The molecule has 0 spiro atoms. The number of nitrogens with two attached hydrogens (primary N) is 1. The van der Waals surface area contributed by atoms with Crippen LogP contribution in [0, 0.1) is 5.92 Å². The van der Waals surface area contributed by atoms with Crippen molar-refractivity contribution in [1.29, 1.82) is 0 Å². The minimum absolute atomic E-state index is 0.0313. The van der Waals surface area contributed by atoms with E-state index in [1.807, 2.05) is 0 Å². The van der Waals surface area contributed by atoms with Crippen LogP contribution in [0.3, 0.4) is 0 Å². The van der Waals surface area contributed by atoms with Gasteiger partial charge in [0.25, 0.3) is 0 Å². The Hall–Kier alpha value is -1.06. The molecule has 0 saturated carbocycles. The molecule has 25 heavy (non-hydrogen) atoms. The molecule has 2 heterocycles. The predicted octanol–water partition coefficient (Wildman–Crippen LogP) is 4.73. The SMILES string of the molecule is CC(C)(C)c1cc2c(c(C(C)(C)C)c1)OCC1CCCN(CC1)C2N. The average molecular weight is 345 g/mol. The molecule has 1 aromatic rings. The first-order valence-corrected chi connectivity index (χ1v) is 9.88. The van der Waals surface area contributed by atoms with Crippen molar-refractivity contribution in [2.75, 3.05) is 19.7 Å². The van der Waals surface area contributed by atoms with E-state index in [0.29, 0.717) is 5.92 Å². The van der Waals surface area contributed by atoms with Gasteiger partial charge >= 0.3 is 0 Å². The molecule has 3 atom stereocenters. The van der Waals surface area contributed by atoms with E-state index in [1.165, 1.54) is 36.0 Å². The summed E-state index contributed by atoms with van der Waals surface area (Å²) < 4.78 is 6.48. The number of fused-ring (bicyclic) bond motifs is 4. The molecule has 3 heteroatoms. The number of nitrogens with zero attached hydrogens (tertiary/aromatic N) is 1. The molecule has 3 nitrogen and oxygen atoms in total. The van der Waals surface area contributed by atoms with E-state index in [2.05, 4.69) is 58.6 Å². The minimum atomic E-state index is -0.0738. The maximum absolute atomic E-state index is 6.80. The molecule has 1 saturated heterocycles. The van der Waals surface area contributed by atoms with Gasteiger partial charge in [0.15, 0.2) is 0 Å². The van der Waals surface area contributed by atoms with Gasteiger partial charge in [-0.05, 0) is 54.2 Å². The molecule has 2 bridgehead atoms. The molecule has 1 fully saturated rings. The van der Waals surface area contributed by atoms with Gasteiger partial charge in [-0.3, -0.25) is 4.90 Å². The molecule has 2 N–H and O–H groups in total. The van der Waals surface area contributed by atoms with E-state index in [0.717, 1.165) is 25.4 Å². The third-order valence-corrected chi connectivity index (χ3v) is 5.85. The molecule has 3 unspecified atom stereocenters. The highest BCUT2D eigenvalue weighted by atomic mass is 16.5. The summed E-state index contributed by atoms with van der Waals surface area (Å²) in [4.78, 5) is 2.46. The first-order chi connectivity index (χ1) is 11.6.